The van der Waals surface area contributed by atoms with Crippen molar-refractivity contribution < 1.29 is 41.5 Å². The highest BCUT2D eigenvalue weighted by molar-refractivity contribution is 5.71. The van der Waals surface area contributed by atoms with Gasteiger partial charge in [0, 0.05) is 25.4 Å². The molecular formula is C21H16F4N4O8. The number of nitrogens with zero attached hydrogens (tertiary/aromatic N) is 4. The molecule has 3 aromatic rings. The van der Waals surface area contributed by atoms with Gasteiger partial charge in [0.1, 0.15) is 5.69 Å². The first-order chi connectivity index (χ1) is 17.3. The number of carbonyl (C=O) groups excluding carboxylic acids is 1. The summed E-state index contributed by atoms with van der Waals surface area (Å²) in [6.07, 6.45) is -3.82. The van der Waals surface area contributed by atoms with Crippen LogP contribution in [0.3, 0.4) is 0 Å². The van der Waals surface area contributed by atoms with Gasteiger partial charge >= 0.3 is 23.5 Å². The van der Waals surface area contributed by atoms with Crippen molar-refractivity contribution in [3.63, 3.8) is 0 Å². The number of alkyl halides is 3. The summed E-state index contributed by atoms with van der Waals surface area (Å²) < 4.78 is 69.7. The van der Waals surface area contributed by atoms with Crippen molar-refractivity contribution >= 4 is 11.7 Å². The maximum Gasteiger partial charge on any atom is 0.431 e. The lowest BCUT2D eigenvalue weighted by Crippen LogP contribution is -2.41. The summed E-state index contributed by atoms with van der Waals surface area (Å²) >= 11 is 0. The van der Waals surface area contributed by atoms with Crippen LogP contribution in [0.25, 0.3) is 5.69 Å². The maximum atomic E-state index is 14.8. The molecule has 2 heterocycles. The van der Waals surface area contributed by atoms with Crippen LogP contribution in [0.15, 0.2) is 46.1 Å². The Morgan fingerprint density at radius 3 is 2.51 bits per heavy atom. The zero-order valence-corrected chi connectivity index (χ0v) is 18.9. The van der Waals surface area contributed by atoms with E-state index in [1.54, 1.807) is 6.92 Å². The van der Waals surface area contributed by atoms with Crippen molar-refractivity contribution in [2.24, 2.45) is 7.05 Å². The van der Waals surface area contributed by atoms with Gasteiger partial charge in [0.2, 0.25) is 5.75 Å². The molecule has 2 aromatic heterocycles. The Hall–Kier alpha value is -4.76. The number of esters is 1. The highest BCUT2D eigenvalue weighted by Gasteiger charge is 2.35. The second-order valence-electron chi connectivity index (χ2n) is 7.07. The average Bonchev–Trinajstić information content (AvgIpc) is 2.82. The van der Waals surface area contributed by atoms with Crippen molar-refractivity contribution in [2.75, 3.05) is 13.2 Å². The van der Waals surface area contributed by atoms with E-state index in [1.807, 2.05) is 0 Å². The van der Waals surface area contributed by atoms with Crippen LogP contribution < -0.4 is 20.7 Å². The number of hydrogen-bond donors (Lipinski definition) is 0. The lowest BCUT2D eigenvalue weighted by Gasteiger charge is -2.15. The van der Waals surface area contributed by atoms with E-state index in [1.165, 1.54) is 18.3 Å². The molecule has 1 aromatic carbocycles. The number of pyridine rings is 1. The largest absolute Gasteiger partial charge is 0.463 e. The average molecular weight is 528 g/mol. The fourth-order valence-electron chi connectivity index (χ4n) is 3.06. The van der Waals surface area contributed by atoms with Crippen molar-refractivity contribution in [3.05, 3.63) is 79.0 Å². The van der Waals surface area contributed by atoms with Gasteiger partial charge in [-0.05, 0) is 19.1 Å². The van der Waals surface area contributed by atoms with Crippen LogP contribution >= 0.6 is 0 Å². The van der Waals surface area contributed by atoms with Crippen LogP contribution in [-0.4, -0.2) is 38.2 Å². The van der Waals surface area contributed by atoms with Gasteiger partial charge in [0.15, 0.2) is 18.2 Å². The van der Waals surface area contributed by atoms with E-state index in [9.17, 15) is 42.1 Å². The molecule has 0 atom stereocenters. The van der Waals surface area contributed by atoms with Crippen molar-refractivity contribution in [1.29, 1.82) is 0 Å². The molecule has 196 valence electrons. The number of hydrogen-bond acceptors (Lipinski definition) is 9. The Bertz CT molecular complexity index is 1480. The first kappa shape index (κ1) is 26.8. The molecule has 0 saturated heterocycles. The SMILES string of the molecule is CCOC(=O)COc1ncccc1Oc1cc(-n2c(=O)cc(C(F)(F)F)n(C)c2=O)c(F)cc1[N+](=O)[O-]. The molecule has 0 aliphatic heterocycles. The van der Waals surface area contributed by atoms with Crippen LogP contribution in [0, 0.1) is 15.9 Å². The minimum Gasteiger partial charge on any atom is -0.463 e. The molecule has 0 unspecified atom stereocenters. The molecular weight excluding hydrogens is 512 g/mol. The lowest BCUT2D eigenvalue weighted by molar-refractivity contribution is -0.385. The molecule has 37 heavy (non-hydrogen) atoms. The van der Waals surface area contributed by atoms with Gasteiger partial charge in [-0.15, -0.1) is 0 Å². The number of aromatic nitrogens is 3. The van der Waals surface area contributed by atoms with E-state index >= 15 is 0 Å². The van der Waals surface area contributed by atoms with Gasteiger partial charge in [0.25, 0.3) is 11.4 Å². The highest BCUT2D eigenvalue weighted by Crippen LogP contribution is 2.37. The Morgan fingerprint density at radius 1 is 1.19 bits per heavy atom. The summed E-state index contributed by atoms with van der Waals surface area (Å²) in [4.78, 5) is 50.8. The Kier molecular flexibility index (Phi) is 7.59. The topological polar surface area (TPSA) is 145 Å². The normalized spacial score (nSPS) is 11.2. The molecule has 0 radical (unpaired) electrons. The van der Waals surface area contributed by atoms with Gasteiger partial charge in [-0.1, -0.05) is 0 Å². The summed E-state index contributed by atoms with van der Waals surface area (Å²) in [6.45, 7) is 1.03. The first-order valence-electron chi connectivity index (χ1n) is 10.1. The molecule has 0 amide bonds. The number of carbonyl (C=O) groups is 1. The van der Waals surface area contributed by atoms with Gasteiger partial charge in [-0.2, -0.15) is 13.2 Å². The molecule has 0 saturated carbocycles. The van der Waals surface area contributed by atoms with Crippen LogP contribution in [-0.2, 0) is 22.8 Å². The van der Waals surface area contributed by atoms with Crippen LogP contribution in [0.2, 0.25) is 0 Å². The van der Waals surface area contributed by atoms with E-state index in [0.717, 1.165) is 0 Å². The number of rotatable bonds is 8. The van der Waals surface area contributed by atoms with E-state index in [4.69, 9.17) is 14.2 Å². The monoisotopic (exact) mass is 528 g/mol. The van der Waals surface area contributed by atoms with E-state index in [2.05, 4.69) is 4.98 Å². The lowest BCUT2D eigenvalue weighted by atomic mass is 10.2. The van der Waals surface area contributed by atoms with E-state index < -0.39 is 63.6 Å². The molecule has 0 aliphatic carbocycles. The van der Waals surface area contributed by atoms with E-state index in [-0.39, 0.29) is 33.4 Å². The molecule has 0 N–H and O–H groups in total. The summed E-state index contributed by atoms with van der Waals surface area (Å²) in [5.74, 6) is -3.56. The second kappa shape index (κ2) is 10.5. The van der Waals surface area contributed by atoms with Gasteiger partial charge in [-0.25, -0.2) is 23.5 Å². The molecule has 0 aliphatic rings. The van der Waals surface area contributed by atoms with Gasteiger partial charge in [-0.3, -0.25) is 19.5 Å². The smallest absolute Gasteiger partial charge is 0.431 e. The van der Waals surface area contributed by atoms with Crippen LogP contribution in [0.5, 0.6) is 17.4 Å². The summed E-state index contributed by atoms with van der Waals surface area (Å²) in [7, 11) is 0.713. The molecule has 12 nitrogen and oxygen atoms in total. The number of benzene rings is 1. The number of nitro groups is 1. The minimum atomic E-state index is -5.06. The van der Waals surface area contributed by atoms with Crippen molar-refractivity contribution in [2.45, 2.75) is 13.1 Å². The molecule has 3 rings (SSSR count). The zero-order valence-electron chi connectivity index (χ0n) is 18.9. The quantitative estimate of drug-likeness (QED) is 0.186. The zero-order chi connectivity index (χ0) is 27.5. The van der Waals surface area contributed by atoms with Crippen LogP contribution in [0.1, 0.15) is 12.6 Å². The summed E-state index contributed by atoms with van der Waals surface area (Å²) in [5, 5.41) is 11.5. The third-order valence-electron chi connectivity index (χ3n) is 4.66. The predicted octanol–water partition coefficient (Wildman–Crippen LogP) is 2.73. The number of nitro benzene ring substituents is 1. The second-order valence-corrected chi connectivity index (χ2v) is 7.07. The maximum absolute atomic E-state index is 14.8. The van der Waals surface area contributed by atoms with Crippen LogP contribution in [0.4, 0.5) is 23.2 Å². The van der Waals surface area contributed by atoms with Crippen molar-refractivity contribution in [3.8, 4) is 23.1 Å². The predicted molar refractivity (Wildman–Crippen MR) is 115 cm³/mol. The Balaban J connectivity index is 2.13. The minimum absolute atomic E-state index is 0.0581. The van der Waals surface area contributed by atoms with Gasteiger partial charge in [0.05, 0.1) is 23.3 Å². The third-order valence-corrected chi connectivity index (χ3v) is 4.66. The van der Waals surface area contributed by atoms with Crippen molar-refractivity contribution in [1.82, 2.24) is 14.1 Å². The molecule has 16 heteroatoms. The van der Waals surface area contributed by atoms with E-state index in [0.29, 0.717) is 19.2 Å². The Morgan fingerprint density at radius 2 is 1.89 bits per heavy atom. The molecule has 0 bridgehead atoms. The fraction of sp³-hybridized carbons (Fsp3) is 0.238. The molecule has 0 fully saturated rings. The third kappa shape index (κ3) is 5.74. The number of halogens is 4. The number of ether oxygens (including phenoxy) is 3. The standard InChI is InChI=1S/C21H16F4N4O8/c1-3-35-18(31)10-36-19-14(5-4-6-26-19)37-15-8-12(11(22)7-13(15)29(33)34)28-17(30)9-16(21(23,24)25)27(2)20(28)32/h4-9H,3,10H2,1-2H3. The molecule has 0 spiro atoms. The Labute approximate surface area is 203 Å². The summed E-state index contributed by atoms with van der Waals surface area (Å²) in [5.41, 5.74) is -6.58. The first-order valence-corrected chi connectivity index (χ1v) is 10.1. The van der Waals surface area contributed by atoms with Gasteiger partial charge < -0.3 is 14.2 Å². The highest BCUT2D eigenvalue weighted by atomic mass is 19.4. The summed E-state index contributed by atoms with van der Waals surface area (Å²) in [6, 6.07) is 3.54. The fourth-order valence-corrected chi connectivity index (χ4v) is 3.06.